The smallest absolute Gasteiger partial charge is 0.335 e. The van der Waals surface area contributed by atoms with E-state index in [9.17, 15) is 23.1 Å². The molecule has 126 valence electrons. The van der Waals surface area contributed by atoms with Crippen LogP contribution in [0.3, 0.4) is 0 Å². The summed E-state index contributed by atoms with van der Waals surface area (Å²) in [5.74, 6) is -1.26. The van der Waals surface area contributed by atoms with Crippen LogP contribution in [0, 0.1) is 0 Å². The number of hydrogen-bond acceptors (Lipinski definition) is 4. The summed E-state index contributed by atoms with van der Waals surface area (Å²) in [5.41, 5.74) is 1.07. The third kappa shape index (κ3) is 3.90. The van der Waals surface area contributed by atoms with Gasteiger partial charge in [0.25, 0.3) is 0 Å². The Morgan fingerprint density at radius 1 is 1.22 bits per heavy atom. The average molecular weight is 339 g/mol. The van der Waals surface area contributed by atoms with E-state index in [2.05, 4.69) is 0 Å². The number of benzene rings is 1. The Kier molecular flexibility index (Phi) is 5.09. The molecule has 0 aromatic heterocycles. The maximum Gasteiger partial charge on any atom is 0.335 e. The quantitative estimate of drug-likeness (QED) is 0.898. The Morgan fingerprint density at radius 2 is 1.78 bits per heavy atom. The molecule has 0 radical (unpaired) electrons. The number of aromatic carboxylic acids is 1. The highest BCUT2D eigenvalue weighted by Gasteiger charge is 2.32. The van der Waals surface area contributed by atoms with Crippen molar-refractivity contribution >= 4 is 21.7 Å². The lowest BCUT2D eigenvalue weighted by Crippen LogP contribution is -2.45. The largest absolute Gasteiger partial charge is 0.478 e. The van der Waals surface area contributed by atoms with Gasteiger partial charge in [-0.1, -0.05) is 18.2 Å². The van der Waals surface area contributed by atoms with Gasteiger partial charge in [-0.3, -0.25) is 4.79 Å². The highest BCUT2D eigenvalue weighted by Crippen LogP contribution is 2.30. The topological polar surface area (TPSA) is 91.8 Å². The van der Waals surface area contributed by atoms with Crippen molar-refractivity contribution in [2.45, 2.75) is 30.9 Å². The van der Waals surface area contributed by atoms with Gasteiger partial charge in [-0.15, -0.1) is 0 Å². The number of carboxylic acid groups (broad SMARTS) is 1. The van der Waals surface area contributed by atoms with Crippen LogP contribution < -0.4 is 0 Å². The second-order valence-electron chi connectivity index (χ2n) is 5.96. The molecule has 1 aliphatic rings. The molecule has 6 nitrogen and oxygen atoms in total. The first kappa shape index (κ1) is 17.5. The summed E-state index contributed by atoms with van der Waals surface area (Å²) in [5, 5.41) is 8.23. The van der Waals surface area contributed by atoms with Crippen LogP contribution in [0.4, 0.5) is 0 Å². The molecular weight excluding hydrogens is 318 g/mol. The van der Waals surface area contributed by atoms with Gasteiger partial charge in [0.15, 0.2) is 9.84 Å². The molecule has 1 saturated heterocycles. The molecule has 23 heavy (non-hydrogen) atoms. The van der Waals surface area contributed by atoms with E-state index in [1.807, 2.05) is 12.1 Å². The average Bonchev–Trinajstić information content (AvgIpc) is 2.52. The monoisotopic (exact) mass is 339 g/mol. The van der Waals surface area contributed by atoms with Crippen LogP contribution in [0.5, 0.6) is 0 Å². The number of hydrogen-bond donors (Lipinski definition) is 1. The van der Waals surface area contributed by atoms with Crippen LogP contribution in [0.15, 0.2) is 24.3 Å². The van der Waals surface area contributed by atoms with Crippen LogP contribution in [-0.2, 0) is 14.6 Å². The first-order valence-corrected chi connectivity index (χ1v) is 9.47. The van der Waals surface area contributed by atoms with Gasteiger partial charge in [-0.05, 0) is 37.3 Å². The van der Waals surface area contributed by atoms with E-state index in [-0.39, 0.29) is 11.8 Å². The third-order valence-corrected chi connectivity index (χ3v) is 5.91. The molecule has 1 aliphatic heterocycles. The van der Waals surface area contributed by atoms with Crippen molar-refractivity contribution in [1.82, 2.24) is 4.90 Å². The number of carboxylic acids is 1. The molecule has 1 fully saturated rings. The van der Waals surface area contributed by atoms with E-state index in [0.29, 0.717) is 31.5 Å². The maximum atomic E-state index is 12.2. The first-order valence-electron chi connectivity index (χ1n) is 7.51. The van der Waals surface area contributed by atoms with Crippen LogP contribution >= 0.6 is 0 Å². The van der Waals surface area contributed by atoms with Gasteiger partial charge in [0.2, 0.25) is 5.91 Å². The Bertz CT molecular complexity index is 705. The molecular formula is C16H21NO5S. The van der Waals surface area contributed by atoms with Gasteiger partial charge in [0.1, 0.15) is 5.25 Å². The normalized spacial score (nSPS) is 17.7. The Morgan fingerprint density at radius 3 is 2.30 bits per heavy atom. The molecule has 1 N–H and O–H groups in total. The summed E-state index contributed by atoms with van der Waals surface area (Å²) >= 11 is 0. The number of rotatable bonds is 4. The second-order valence-corrected chi connectivity index (χ2v) is 8.33. The molecule has 2 rings (SSSR count). The van der Waals surface area contributed by atoms with Gasteiger partial charge in [-0.25, -0.2) is 13.2 Å². The van der Waals surface area contributed by atoms with Gasteiger partial charge < -0.3 is 10.0 Å². The number of carbonyl (C=O) groups is 2. The summed E-state index contributed by atoms with van der Waals surface area (Å²) in [6.07, 6.45) is 2.32. The van der Waals surface area contributed by atoms with Crippen molar-refractivity contribution in [2.24, 2.45) is 0 Å². The van der Waals surface area contributed by atoms with Crippen LogP contribution in [-0.4, -0.2) is 54.9 Å². The van der Waals surface area contributed by atoms with Crippen molar-refractivity contribution in [3.8, 4) is 0 Å². The Labute approximate surface area is 136 Å². The summed E-state index contributed by atoms with van der Waals surface area (Å²) in [6.45, 7) is 2.29. The minimum Gasteiger partial charge on any atom is -0.478 e. The van der Waals surface area contributed by atoms with Gasteiger partial charge >= 0.3 is 5.97 Å². The fourth-order valence-corrected chi connectivity index (χ4v) is 3.41. The molecule has 0 spiro atoms. The minimum atomic E-state index is -3.40. The first-order chi connectivity index (χ1) is 10.7. The van der Waals surface area contributed by atoms with E-state index in [1.54, 1.807) is 17.0 Å². The number of amides is 1. The molecule has 1 aromatic carbocycles. The lowest BCUT2D eigenvalue weighted by Gasteiger charge is -2.33. The lowest BCUT2D eigenvalue weighted by atomic mass is 9.86. The number of nitrogens with zero attached hydrogens (tertiary/aromatic N) is 1. The van der Waals surface area contributed by atoms with Crippen molar-refractivity contribution < 1.29 is 23.1 Å². The zero-order valence-corrected chi connectivity index (χ0v) is 14.0. The van der Waals surface area contributed by atoms with Gasteiger partial charge in [-0.2, -0.15) is 0 Å². The molecule has 1 atom stereocenters. The third-order valence-electron chi connectivity index (χ3n) is 4.43. The Hall–Kier alpha value is -1.89. The predicted molar refractivity (Wildman–Crippen MR) is 86.3 cm³/mol. The summed E-state index contributed by atoms with van der Waals surface area (Å²) in [7, 11) is -3.40. The number of sulfone groups is 1. The fourth-order valence-electron chi connectivity index (χ4n) is 2.90. The van der Waals surface area contributed by atoms with Gasteiger partial charge in [0.05, 0.1) is 5.56 Å². The molecule has 0 bridgehead atoms. The van der Waals surface area contributed by atoms with Gasteiger partial charge in [0, 0.05) is 19.3 Å². The lowest BCUT2D eigenvalue weighted by molar-refractivity contribution is -0.131. The molecule has 0 saturated carbocycles. The highest BCUT2D eigenvalue weighted by molar-refractivity contribution is 7.92. The molecule has 1 heterocycles. The van der Waals surface area contributed by atoms with Crippen molar-refractivity contribution in [3.05, 3.63) is 35.4 Å². The van der Waals surface area contributed by atoms with Crippen molar-refractivity contribution in [1.29, 1.82) is 0 Å². The number of carbonyl (C=O) groups excluding carboxylic acids is 1. The van der Waals surface area contributed by atoms with E-state index in [4.69, 9.17) is 0 Å². The fraction of sp³-hybridized carbons (Fsp3) is 0.500. The van der Waals surface area contributed by atoms with Crippen LogP contribution in [0.1, 0.15) is 41.6 Å². The molecule has 7 heteroatoms. The van der Waals surface area contributed by atoms with E-state index < -0.39 is 21.1 Å². The molecule has 1 aromatic rings. The minimum absolute atomic E-state index is 0.0693. The molecule has 0 aliphatic carbocycles. The predicted octanol–water partition coefficient (Wildman–Crippen LogP) is 1.52. The van der Waals surface area contributed by atoms with Crippen LogP contribution in [0.25, 0.3) is 0 Å². The van der Waals surface area contributed by atoms with E-state index in [0.717, 1.165) is 11.8 Å². The SMILES string of the molecule is CC(C(=O)N1CCC(c2ccccc2C(=O)O)CC1)S(C)(=O)=O. The number of piperidine rings is 1. The summed E-state index contributed by atoms with van der Waals surface area (Å²) < 4.78 is 23.0. The zero-order valence-electron chi connectivity index (χ0n) is 13.2. The summed E-state index contributed by atoms with van der Waals surface area (Å²) in [4.78, 5) is 25.1. The molecule has 1 amide bonds. The highest BCUT2D eigenvalue weighted by atomic mass is 32.2. The van der Waals surface area contributed by atoms with Crippen molar-refractivity contribution in [3.63, 3.8) is 0 Å². The zero-order chi connectivity index (χ0) is 17.2. The maximum absolute atomic E-state index is 12.2. The summed E-state index contributed by atoms with van der Waals surface area (Å²) in [6, 6.07) is 6.90. The van der Waals surface area contributed by atoms with E-state index >= 15 is 0 Å². The standard InChI is InChI=1S/C16H21NO5S/c1-11(23(2,21)22)15(18)17-9-7-12(8-10-17)13-5-3-4-6-14(13)16(19)20/h3-6,11-12H,7-10H2,1-2H3,(H,19,20). The molecule has 1 unspecified atom stereocenters. The van der Waals surface area contributed by atoms with Crippen molar-refractivity contribution in [2.75, 3.05) is 19.3 Å². The Balaban J connectivity index is 2.08. The second kappa shape index (κ2) is 6.70. The number of likely N-dealkylation sites (tertiary alicyclic amines) is 1. The van der Waals surface area contributed by atoms with Crippen LogP contribution in [0.2, 0.25) is 0 Å². The van der Waals surface area contributed by atoms with E-state index in [1.165, 1.54) is 6.92 Å².